The Labute approximate surface area is 130 Å². The Morgan fingerprint density at radius 2 is 2.18 bits per heavy atom. The van der Waals surface area contributed by atoms with Crippen molar-refractivity contribution in [3.63, 3.8) is 0 Å². The summed E-state index contributed by atoms with van der Waals surface area (Å²) >= 11 is 0. The van der Waals surface area contributed by atoms with Crippen molar-refractivity contribution in [2.75, 3.05) is 32.1 Å². The van der Waals surface area contributed by atoms with Crippen LogP contribution in [0.3, 0.4) is 0 Å². The van der Waals surface area contributed by atoms with Crippen LogP contribution in [0.2, 0.25) is 0 Å². The Balaban J connectivity index is 2.02. The highest BCUT2D eigenvalue weighted by Gasteiger charge is 2.37. The molecule has 120 valence electrons. The number of anilines is 1. The molecule has 1 aliphatic rings. The normalized spacial score (nSPS) is 17.9. The molecule has 1 N–H and O–H groups in total. The lowest BCUT2D eigenvalue weighted by atomic mass is 10.2. The number of likely N-dealkylation sites (N-methyl/N-ethyl adjacent to an activating group) is 1. The molecule has 1 heterocycles. The van der Waals surface area contributed by atoms with E-state index >= 15 is 0 Å². The van der Waals surface area contributed by atoms with E-state index in [-0.39, 0.29) is 17.5 Å². The highest BCUT2D eigenvalue weighted by molar-refractivity contribution is 6.01. The second-order valence-electron chi connectivity index (χ2n) is 5.46. The van der Waals surface area contributed by atoms with Crippen LogP contribution in [0.15, 0.2) is 24.3 Å². The summed E-state index contributed by atoms with van der Waals surface area (Å²) in [5.41, 5.74) is 0.283. The van der Waals surface area contributed by atoms with E-state index in [1.54, 1.807) is 25.2 Å². The van der Waals surface area contributed by atoms with Crippen molar-refractivity contribution in [2.24, 2.45) is 0 Å². The largest absolute Gasteiger partial charge is 0.334 e. The van der Waals surface area contributed by atoms with Crippen LogP contribution in [0.25, 0.3) is 0 Å². The van der Waals surface area contributed by atoms with E-state index in [2.05, 4.69) is 5.32 Å². The predicted octanol–water partition coefficient (Wildman–Crippen LogP) is 1.39. The van der Waals surface area contributed by atoms with Crippen LogP contribution in [0, 0.1) is 5.82 Å². The molecule has 0 radical (unpaired) electrons. The Morgan fingerprint density at radius 3 is 2.86 bits per heavy atom. The van der Waals surface area contributed by atoms with Crippen molar-refractivity contribution < 1.29 is 14.0 Å². The molecule has 1 unspecified atom stereocenters. The molecule has 1 fully saturated rings. The lowest BCUT2D eigenvalue weighted by Gasteiger charge is -2.24. The molecule has 1 aromatic rings. The summed E-state index contributed by atoms with van der Waals surface area (Å²) in [7, 11) is 3.48. The van der Waals surface area contributed by atoms with Gasteiger partial charge in [-0.15, -0.1) is 0 Å². The Hall–Kier alpha value is -1.95. The van der Waals surface area contributed by atoms with Crippen molar-refractivity contribution in [2.45, 2.75) is 25.3 Å². The number of carbonyl (C=O) groups excluding carboxylic acids is 2. The fraction of sp³-hybridized carbons (Fsp3) is 0.500. The molecule has 0 aliphatic carbocycles. The minimum atomic E-state index is -0.498. The molecule has 2 amide bonds. The van der Waals surface area contributed by atoms with Gasteiger partial charge in [0.25, 0.3) is 0 Å². The lowest BCUT2D eigenvalue weighted by molar-refractivity contribution is -0.136. The van der Waals surface area contributed by atoms with Gasteiger partial charge in [0.05, 0.1) is 5.69 Å². The molecule has 1 saturated heterocycles. The third-order valence-corrected chi connectivity index (χ3v) is 4.00. The minimum Gasteiger partial charge on any atom is -0.334 e. The number of amides is 2. The molecule has 0 aromatic heterocycles. The maximum absolute atomic E-state index is 13.8. The van der Waals surface area contributed by atoms with Gasteiger partial charge in [-0.25, -0.2) is 4.39 Å². The van der Waals surface area contributed by atoms with Gasteiger partial charge in [0.1, 0.15) is 11.9 Å². The van der Waals surface area contributed by atoms with Gasteiger partial charge >= 0.3 is 0 Å². The summed E-state index contributed by atoms with van der Waals surface area (Å²) in [5.74, 6) is -0.682. The molecule has 6 heteroatoms. The van der Waals surface area contributed by atoms with Crippen molar-refractivity contribution in [3.05, 3.63) is 30.1 Å². The summed E-state index contributed by atoms with van der Waals surface area (Å²) < 4.78 is 13.8. The number of rotatable bonds is 6. The summed E-state index contributed by atoms with van der Waals surface area (Å²) in [6, 6.07) is 5.72. The molecule has 1 atom stereocenters. The zero-order chi connectivity index (χ0) is 16.1. The van der Waals surface area contributed by atoms with Crippen LogP contribution >= 0.6 is 0 Å². The molecule has 22 heavy (non-hydrogen) atoms. The Bertz CT molecular complexity index is 550. The molecular weight excluding hydrogens is 285 g/mol. The topological polar surface area (TPSA) is 52.7 Å². The van der Waals surface area contributed by atoms with Crippen LogP contribution in [-0.4, -0.2) is 49.9 Å². The standard InChI is InChI=1S/C16H22FN3O2/c1-18-10-5-8-15(21)19(2)14-9-11-20(16(14)22)13-7-4-3-6-12(13)17/h3-4,6-7,14,18H,5,8-11H2,1-2H3. The van der Waals surface area contributed by atoms with Crippen molar-refractivity contribution in [1.29, 1.82) is 0 Å². The number of nitrogens with zero attached hydrogens (tertiary/aromatic N) is 2. The maximum atomic E-state index is 13.8. The average Bonchev–Trinajstić information content (AvgIpc) is 2.88. The third-order valence-electron chi connectivity index (χ3n) is 4.00. The van der Waals surface area contributed by atoms with E-state index in [4.69, 9.17) is 0 Å². The second-order valence-corrected chi connectivity index (χ2v) is 5.46. The molecule has 1 aliphatic heterocycles. The average molecular weight is 307 g/mol. The van der Waals surface area contributed by atoms with Crippen LogP contribution in [-0.2, 0) is 9.59 Å². The highest BCUT2D eigenvalue weighted by atomic mass is 19.1. The maximum Gasteiger partial charge on any atom is 0.249 e. The zero-order valence-corrected chi connectivity index (χ0v) is 13.0. The quantitative estimate of drug-likeness (QED) is 0.808. The van der Waals surface area contributed by atoms with Crippen LogP contribution in [0.4, 0.5) is 10.1 Å². The predicted molar refractivity (Wildman–Crippen MR) is 83.1 cm³/mol. The smallest absolute Gasteiger partial charge is 0.249 e. The van der Waals surface area contributed by atoms with E-state index in [1.807, 2.05) is 7.05 Å². The molecule has 5 nitrogen and oxygen atoms in total. The summed E-state index contributed by atoms with van der Waals surface area (Å²) in [5, 5.41) is 2.99. The van der Waals surface area contributed by atoms with Gasteiger partial charge in [0, 0.05) is 20.0 Å². The Kier molecular flexibility index (Phi) is 5.49. The Morgan fingerprint density at radius 1 is 1.45 bits per heavy atom. The molecule has 1 aromatic carbocycles. The third kappa shape index (κ3) is 3.44. The molecular formula is C16H22FN3O2. The minimum absolute atomic E-state index is 0.0519. The number of para-hydroxylation sites is 1. The fourth-order valence-corrected chi connectivity index (χ4v) is 2.70. The van der Waals surface area contributed by atoms with E-state index in [0.717, 1.165) is 13.0 Å². The number of hydrogen-bond acceptors (Lipinski definition) is 3. The number of halogens is 1. The van der Waals surface area contributed by atoms with Gasteiger partial charge in [0.15, 0.2) is 0 Å². The lowest BCUT2D eigenvalue weighted by Crippen LogP contribution is -2.43. The number of carbonyl (C=O) groups is 2. The molecule has 0 saturated carbocycles. The van der Waals surface area contributed by atoms with Crippen LogP contribution < -0.4 is 10.2 Å². The number of nitrogens with one attached hydrogen (secondary N) is 1. The van der Waals surface area contributed by atoms with E-state index in [0.29, 0.717) is 19.4 Å². The van der Waals surface area contributed by atoms with Crippen LogP contribution in [0.1, 0.15) is 19.3 Å². The SMILES string of the molecule is CNCCCC(=O)N(C)C1CCN(c2ccccc2F)C1=O. The summed E-state index contributed by atoms with van der Waals surface area (Å²) in [6.45, 7) is 1.19. The van der Waals surface area contributed by atoms with Crippen molar-refractivity contribution in [1.82, 2.24) is 10.2 Å². The van der Waals surface area contributed by atoms with Gasteiger partial charge in [-0.1, -0.05) is 12.1 Å². The second kappa shape index (κ2) is 7.35. The fourth-order valence-electron chi connectivity index (χ4n) is 2.70. The highest BCUT2D eigenvalue weighted by Crippen LogP contribution is 2.26. The molecule has 0 bridgehead atoms. The van der Waals surface area contributed by atoms with E-state index in [1.165, 1.54) is 15.9 Å². The van der Waals surface area contributed by atoms with Gasteiger partial charge in [0.2, 0.25) is 11.8 Å². The summed E-state index contributed by atoms with van der Waals surface area (Å²) in [4.78, 5) is 27.5. The van der Waals surface area contributed by atoms with Gasteiger partial charge in [-0.3, -0.25) is 9.59 Å². The number of hydrogen-bond donors (Lipinski definition) is 1. The van der Waals surface area contributed by atoms with E-state index in [9.17, 15) is 14.0 Å². The first kappa shape index (κ1) is 16.4. The number of benzene rings is 1. The zero-order valence-electron chi connectivity index (χ0n) is 13.0. The van der Waals surface area contributed by atoms with Gasteiger partial charge < -0.3 is 15.1 Å². The first-order valence-electron chi connectivity index (χ1n) is 7.52. The monoisotopic (exact) mass is 307 g/mol. The van der Waals surface area contributed by atoms with Crippen molar-refractivity contribution >= 4 is 17.5 Å². The first-order chi connectivity index (χ1) is 10.6. The van der Waals surface area contributed by atoms with E-state index < -0.39 is 11.9 Å². The molecule has 2 rings (SSSR count). The summed E-state index contributed by atoms with van der Waals surface area (Å²) in [6.07, 6.45) is 1.67. The van der Waals surface area contributed by atoms with Crippen LogP contribution in [0.5, 0.6) is 0 Å². The van der Waals surface area contributed by atoms with Gasteiger partial charge in [-0.05, 0) is 38.6 Å². The van der Waals surface area contributed by atoms with Gasteiger partial charge in [-0.2, -0.15) is 0 Å². The molecule has 0 spiro atoms. The van der Waals surface area contributed by atoms with Crippen molar-refractivity contribution in [3.8, 4) is 0 Å². The first-order valence-corrected chi connectivity index (χ1v) is 7.52.